The quantitative estimate of drug-likeness (QED) is 0.690. The standard InChI is InChI=1S/C10H19NO2S/c1-7(2)9(14)10(13)11-5-3-4-8(11)6-12/h7-9,12,14H,3-6H2,1-2H3. The number of thiol groups is 1. The van der Waals surface area contributed by atoms with Gasteiger partial charge in [0, 0.05) is 6.54 Å². The van der Waals surface area contributed by atoms with E-state index in [0.29, 0.717) is 0 Å². The number of nitrogens with zero attached hydrogens (tertiary/aromatic N) is 1. The molecule has 1 aliphatic rings. The molecule has 82 valence electrons. The van der Waals surface area contributed by atoms with Crippen molar-refractivity contribution in [3.63, 3.8) is 0 Å². The van der Waals surface area contributed by atoms with Gasteiger partial charge in [-0.15, -0.1) is 0 Å². The Labute approximate surface area is 90.9 Å². The van der Waals surface area contributed by atoms with Crippen molar-refractivity contribution in [3.05, 3.63) is 0 Å². The van der Waals surface area contributed by atoms with Crippen molar-refractivity contribution >= 4 is 18.5 Å². The Bertz CT molecular complexity index is 208. The Kier molecular flexibility index (Phi) is 4.26. The summed E-state index contributed by atoms with van der Waals surface area (Å²) in [7, 11) is 0. The lowest BCUT2D eigenvalue weighted by Crippen LogP contribution is -2.43. The topological polar surface area (TPSA) is 40.5 Å². The SMILES string of the molecule is CC(C)C(S)C(=O)N1CCCC1CO. The van der Waals surface area contributed by atoms with Gasteiger partial charge in [-0.1, -0.05) is 13.8 Å². The fourth-order valence-electron chi connectivity index (χ4n) is 1.77. The maximum absolute atomic E-state index is 11.9. The van der Waals surface area contributed by atoms with E-state index in [2.05, 4.69) is 12.6 Å². The molecule has 1 fully saturated rings. The smallest absolute Gasteiger partial charge is 0.236 e. The molecule has 0 aromatic carbocycles. The highest BCUT2D eigenvalue weighted by Gasteiger charge is 2.32. The number of hydrogen-bond acceptors (Lipinski definition) is 3. The van der Waals surface area contributed by atoms with Crippen molar-refractivity contribution in [2.24, 2.45) is 5.92 Å². The molecule has 2 atom stereocenters. The van der Waals surface area contributed by atoms with E-state index in [1.54, 1.807) is 4.90 Å². The number of aliphatic hydroxyl groups is 1. The summed E-state index contributed by atoms with van der Waals surface area (Å²) < 4.78 is 0. The average molecular weight is 217 g/mol. The molecule has 1 rings (SSSR count). The average Bonchev–Trinajstić information content (AvgIpc) is 2.62. The van der Waals surface area contributed by atoms with Crippen LogP contribution < -0.4 is 0 Å². The molecule has 14 heavy (non-hydrogen) atoms. The summed E-state index contributed by atoms with van der Waals surface area (Å²) in [4.78, 5) is 13.7. The number of rotatable bonds is 3. The molecule has 0 radical (unpaired) electrons. The van der Waals surface area contributed by atoms with Crippen LogP contribution >= 0.6 is 12.6 Å². The third-order valence-corrected chi connectivity index (χ3v) is 3.57. The molecule has 2 unspecified atom stereocenters. The van der Waals surface area contributed by atoms with Crippen molar-refractivity contribution in [2.45, 2.75) is 38.0 Å². The molecule has 0 aliphatic carbocycles. The fourth-order valence-corrected chi connectivity index (χ4v) is 1.92. The minimum atomic E-state index is -0.234. The Balaban J connectivity index is 2.59. The Hall–Kier alpha value is -0.220. The van der Waals surface area contributed by atoms with Crippen LogP contribution in [0.2, 0.25) is 0 Å². The highest BCUT2D eigenvalue weighted by molar-refractivity contribution is 7.81. The van der Waals surface area contributed by atoms with Crippen LogP contribution in [0.5, 0.6) is 0 Å². The second-order valence-electron chi connectivity index (χ2n) is 4.20. The first-order valence-electron chi connectivity index (χ1n) is 5.17. The van der Waals surface area contributed by atoms with Gasteiger partial charge in [0.1, 0.15) is 0 Å². The molecule has 0 saturated carbocycles. The van der Waals surface area contributed by atoms with E-state index in [9.17, 15) is 4.79 Å². The lowest BCUT2D eigenvalue weighted by molar-refractivity contribution is -0.132. The zero-order valence-electron chi connectivity index (χ0n) is 8.81. The number of hydrogen-bond donors (Lipinski definition) is 2. The summed E-state index contributed by atoms with van der Waals surface area (Å²) in [6, 6.07) is 0.0240. The summed E-state index contributed by atoms with van der Waals surface area (Å²) in [5.74, 6) is 0.311. The first kappa shape index (κ1) is 11.9. The normalized spacial score (nSPS) is 24.4. The lowest BCUT2D eigenvalue weighted by Gasteiger charge is -2.27. The summed E-state index contributed by atoms with van der Waals surface area (Å²) in [6.07, 6.45) is 1.91. The maximum Gasteiger partial charge on any atom is 0.236 e. The molecule has 1 amide bonds. The van der Waals surface area contributed by atoms with Crippen LogP contribution in [0.4, 0.5) is 0 Å². The van der Waals surface area contributed by atoms with Crippen LogP contribution in [0.15, 0.2) is 0 Å². The van der Waals surface area contributed by atoms with Crippen LogP contribution in [0.3, 0.4) is 0 Å². The van der Waals surface area contributed by atoms with E-state index >= 15 is 0 Å². The van der Waals surface area contributed by atoms with Gasteiger partial charge in [-0.3, -0.25) is 4.79 Å². The van der Waals surface area contributed by atoms with E-state index < -0.39 is 0 Å². The first-order valence-corrected chi connectivity index (χ1v) is 5.69. The second kappa shape index (κ2) is 5.03. The Morgan fingerprint density at radius 2 is 2.29 bits per heavy atom. The Morgan fingerprint density at radius 1 is 1.64 bits per heavy atom. The second-order valence-corrected chi connectivity index (χ2v) is 4.76. The van der Waals surface area contributed by atoms with Gasteiger partial charge in [0.2, 0.25) is 5.91 Å². The van der Waals surface area contributed by atoms with Crippen molar-refractivity contribution in [1.29, 1.82) is 0 Å². The van der Waals surface area contributed by atoms with E-state index in [-0.39, 0.29) is 29.7 Å². The lowest BCUT2D eigenvalue weighted by atomic mass is 10.1. The summed E-state index contributed by atoms with van der Waals surface area (Å²) >= 11 is 4.30. The van der Waals surface area contributed by atoms with Crippen molar-refractivity contribution < 1.29 is 9.90 Å². The van der Waals surface area contributed by atoms with Crippen LogP contribution in [0.25, 0.3) is 0 Å². The largest absolute Gasteiger partial charge is 0.394 e. The molecule has 0 bridgehead atoms. The fraction of sp³-hybridized carbons (Fsp3) is 0.900. The molecule has 1 aliphatic heterocycles. The summed E-state index contributed by atoms with van der Waals surface area (Å²) in [5, 5.41) is 8.85. The number of carbonyl (C=O) groups excluding carboxylic acids is 1. The molecule has 0 aromatic rings. The van der Waals surface area contributed by atoms with Gasteiger partial charge < -0.3 is 10.0 Å². The monoisotopic (exact) mass is 217 g/mol. The molecule has 1 saturated heterocycles. The van der Waals surface area contributed by atoms with Gasteiger partial charge in [-0.2, -0.15) is 12.6 Å². The predicted octanol–water partition coefficient (Wildman–Crippen LogP) is 0.924. The van der Waals surface area contributed by atoms with Gasteiger partial charge in [0.05, 0.1) is 17.9 Å². The van der Waals surface area contributed by atoms with E-state index in [0.717, 1.165) is 19.4 Å². The summed E-state index contributed by atoms with van der Waals surface area (Å²) in [6.45, 7) is 4.82. The third-order valence-electron chi connectivity index (χ3n) is 2.76. The van der Waals surface area contributed by atoms with Crippen molar-refractivity contribution in [3.8, 4) is 0 Å². The zero-order chi connectivity index (χ0) is 10.7. The number of amides is 1. The molecule has 4 heteroatoms. The maximum atomic E-state index is 11.9. The van der Waals surface area contributed by atoms with Crippen LogP contribution in [0, 0.1) is 5.92 Å². The van der Waals surface area contributed by atoms with Crippen LogP contribution in [0.1, 0.15) is 26.7 Å². The van der Waals surface area contributed by atoms with Crippen molar-refractivity contribution in [1.82, 2.24) is 4.90 Å². The first-order chi connectivity index (χ1) is 6.57. The molecular formula is C10H19NO2S. The summed E-state index contributed by atoms with van der Waals surface area (Å²) in [5.41, 5.74) is 0. The molecule has 0 aromatic heterocycles. The van der Waals surface area contributed by atoms with Gasteiger partial charge in [-0.05, 0) is 18.8 Å². The number of carbonyl (C=O) groups is 1. The predicted molar refractivity (Wildman–Crippen MR) is 59.4 cm³/mol. The van der Waals surface area contributed by atoms with Gasteiger partial charge in [0.15, 0.2) is 0 Å². The van der Waals surface area contributed by atoms with Crippen LogP contribution in [-0.4, -0.2) is 40.4 Å². The minimum Gasteiger partial charge on any atom is -0.394 e. The van der Waals surface area contributed by atoms with Gasteiger partial charge in [0.25, 0.3) is 0 Å². The molecule has 0 spiro atoms. The minimum absolute atomic E-state index is 0.0240. The third kappa shape index (κ3) is 2.42. The Morgan fingerprint density at radius 3 is 2.79 bits per heavy atom. The van der Waals surface area contributed by atoms with Crippen LogP contribution in [-0.2, 0) is 4.79 Å². The van der Waals surface area contributed by atoms with E-state index in [1.807, 2.05) is 13.8 Å². The molecule has 1 heterocycles. The molecule has 3 nitrogen and oxygen atoms in total. The molecule has 1 N–H and O–H groups in total. The van der Waals surface area contributed by atoms with Gasteiger partial charge in [-0.25, -0.2) is 0 Å². The van der Waals surface area contributed by atoms with E-state index in [4.69, 9.17) is 5.11 Å². The zero-order valence-corrected chi connectivity index (χ0v) is 9.70. The highest BCUT2D eigenvalue weighted by Crippen LogP contribution is 2.21. The van der Waals surface area contributed by atoms with E-state index in [1.165, 1.54) is 0 Å². The highest BCUT2D eigenvalue weighted by atomic mass is 32.1. The molecular weight excluding hydrogens is 198 g/mol. The van der Waals surface area contributed by atoms with Gasteiger partial charge >= 0.3 is 0 Å². The number of aliphatic hydroxyl groups excluding tert-OH is 1. The van der Waals surface area contributed by atoms with Crippen molar-refractivity contribution in [2.75, 3.05) is 13.2 Å². The number of likely N-dealkylation sites (tertiary alicyclic amines) is 1.